The van der Waals surface area contributed by atoms with Gasteiger partial charge in [0.25, 0.3) is 0 Å². The number of benzene rings is 1. The highest BCUT2D eigenvalue weighted by molar-refractivity contribution is 5.26. The number of aliphatic hydroxyl groups excluding tert-OH is 2. The minimum absolute atomic E-state index is 0.101. The van der Waals surface area contributed by atoms with Gasteiger partial charge in [0.1, 0.15) is 0 Å². The third kappa shape index (κ3) is 4.09. The van der Waals surface area contributed by atoms with Crippen LogP contribution >= 0.6 is 0 Å². The van der Waals surface area contributed by atoms with Crippen LogP contribution in [0.4, 0.5) is 0 Å². The highest BCUT2D eigenvalue weighted by Gasteiger charge is 2.21. The predicted octanol–water partition coefficient (Wildman–Crippen LogP) is 0.666. The molecule has 0 aliphatic heterocycles. The van der Waals surface area contributed by atoms with Crippen molar-refractivity contribution in [2.24, 2.45) is 0 Å². The summed E-state index contributed by atoms with van der Waals surface area (Å²) in [6, 6.07) is 7.95. The first-order valence-electron chi connectivity index (χ1n) is 5.67. The maximum atomic E-state index is 9.19. The van der Waals surface area contributed by atoms with Crippen molar-refractivity contribution in [3.8, 4) is 0 Å². The molecule has 0 saturated heterocycles. The summed E-state index contributed by atoms with van der Waals surface area (Å²) in [6.45, 7) is 2.74. The van der Waals surface area contributed by atoms with Gasteiger partial charge in [0.2, 0.25) is 0 Å². The predicted molar refractivity (Wildman–Crippen MR) is 66.6 cm³/mol. The van der Waals surface area contributed by atoms with Crippen molar-refractivity contribution in [2.45, 2.75) is 25.6 Å². The first kappa shape index (κ1) is 14.1. The van der Waals surface area contributed by atoms with E-state index >= 15 is 0 Å². The van der Waals surface area contributed by atoms with Crippen LogP contribution in [0.1, 0.15) is 18.1 Å². The minimum Gasteiger partial charge on any atom is -0.394 e. The van der Waals surface area contributed by atoms with Gasteiger partial charge in [-0.2, -0.15) is 0 Å². The molecule has 0 saturated carbocycles. The molecule has 1 rings (SSSR count). The number of aliphatic hydroxyl groups is 2. The molecular formula is C13H21NO3. The molecule has 17 heavy (non-hydrogen) atoms. The maximum Gasteiger partial charge on any atom is 0.0716 e. The van der Waals surface area contributed by atoms with E-state index < -0.39 is 5.54 Å². The molecule has 0 unspecified atom stereocenters. The second-order valence-electron chi connectivity index (χ2n) is 4.43. The van der Waals surface area contributed by atoms with Crippen LogP contribution in [0.2, 0.25) is 0 Å². The molecule has 4 nitrogen and oxygen atoms in total. The summed E-state index contributed by atoms with van der Waals surface area (Å²) < 4.78 is 5.13. The van der Waals surface area contributed by atoms with Crippen LogP contribution in [0.3, 0.4) is 0 Å². The second-order valence-corrected chi connectivity index (χ2v) is 4.43. The Balaban J connectivity index is 2.68. The maximum absolute atomic E-state index is 9.19. The van der Waals surface area contributed by atoms with Gasteiger partial charge in [-0.3, -0.25) is 0 Å². The van der Waals surface area contributed by atoms with Crippen molar-refractivity contribution in [3.63, 3.8) is 0 Å². The van der Waals surface area contributed by atoms with E-state index in [0.717, 1.165) is 11.1 Å². The van der Waals surface area contributed by atoms with Crippen molar-refractivity contribution in [1.29, 1.82) is 0 Å². The molecular weight excluding hydrogens is 218 g/mol. The number of ether oxygens (including phenoxy) is 1. The van der Waals surface area contributed by atoms with Crippen LogP contribution < -0.4 is 5.32 Å². The molecule has 0 aliphatic rings. The zero-order chi connectivity index (χ0) is 12.7. The monoisotopic (exact) mass is 239 g/mol. The summed E-state index contributed by atoms with van der Waals surface area (Å²) in [5, 5.41) is 21.5. The van der Waals surface area contributed by atoms with Crippen molar-refractivity contribution in [1.82, 2.24) is 5.32 Å². The highest BCUT2D eigenvalue weighted by atomic mass is 16.5. The van der Waals surface area contributed by atoms with E-state index in [1.54, 1.807) is 14.0 Å². The molecule has 0 bridgehead atoms. The van der Waals surface area contributed by atoms with Crippen molar-refractivity contribution >= 4 is 0 Å². The van der Waals surface area contributed by atoms with Crippen LogP contribution in [0, 0.1) is 0 Å². The van der Waals surface area contributed by atoms with Gasteiger partial charge in [0, 0.05) is 13.7 Å². The van der Waals surface area contributed by atoms with Crippen LogP contribution in [0.15, 0.2) is 24.3 Å². The fourth-order valence-electron chi connectivity index (χ4n) is 1.50. The Hall–Kier alpha value is -0.940. The van der Waals surface area contributed by atoms with E-state index in [-0.39, 0.29) is 13.2 Å². The second kappa shape index (κ2) is 6.71. The molecule has 0 aromatic heterocycles. The lowest BCUT2D eigenvalue weighted by atomic mass is 10.0. The average molecular weight is 239 g/mol. The highest BCUT2D eigenvalue weighted by Crippen LogP contribution is 2.11. The van der Waals surface area contributed by atoms with Gasteiger partial charge in [-0.15, -0.1) is 0 Å². The zero-order valence-corrected chi connectivity index (χ0v) is 10.4. The molecule has 0 radical (unpaired) electrons. The first-order valence-corrected chi connectivity index (χ1v) is 5.67. The molecule has 0 amide bonds. The summed E-state index contributed by atoms with van der Waals surface area (Å²) in [5.74, 6) is 0. The van der Waals surface area contributed by atoms with Gasteiger partial charge < -0.3 is 20.3 Å². The van der Waals surface area contributed by atoms with E-state index in [1.165, 1.54) is 0 Å². The molecule has 0 heterocycles. The van der Waals surface area contributed by atoms with Gasteiger partial charge in [-0.1, -0.05) is 24.3 Å². The van der Waals surface area contributed by atoms with Crippen LogP contribution in [0.5, 0.6) is 0 Å². The lowest BCUT2D eigenvalue weighted by Crippen LogP contribution is -2.48. The lowest BCUT2D eigenvalue weighted by molar-refractivity contribution is 0.103. The van der Waals surface area contributed by atoms with E-state index in [2.05, 4.69) is 5.32 Å². The number of nitrogens with one attached hydrogen (secondary N) is 1. The third-order valence-electron chi connectivity index (χ3n) is 2.82. The molecule has 3 N–H and O–H groups in total. The Bertz CT molecular complexity index is 337. The Kier molecular flexibility index (Phi) is 5.58. The van der Waals surface area contributed by atoms with E-state index in [1.807, 2.05) is 24.3 Å². The molecule has 4 heteroatoms. The van der Waals surface area contributed by atoms with E-state index in [4.69, 9.17) is 4.74 Å². The van der Waals surface area contributed by atoms with Gasteiger partial charge in [-0.25, -0.2) is 0 Å². The summed E-state index contributed by atoms with van der Waals surface area (Å²) in [7, 11) is 1.66. The largest absolute Gasteiger partial charge is 0.394 e. The topological polar surface area (TPSA) is 61.7 Å². The van der Waals surface area contributed by atoms with Crippen molar-refractivity contribution in [2.75, 3.05) is 20.3 Å². The molecule has 0 atom stereocenters. The summed E-state index contributed by atoms with van der Waals surface area (Å²) >= 11 is 0. The Morgan fingerprint density at radius 3 is 2.29 bits per heavy atom. The van der Waals surface area contributed by atoms with Crippen LogP contribution in [-0.4, -0.2) is 36.1 Å². The smallest absolute Gasteiger partial charge is 0.0716 e. The first-order chi connectivity index (χ1) is 8.15. The Morgan fingerprint density at radius 1 is 1.18 bits per heavy atom. The fourth-order valence-corrected chi connectivity index (χ4v) is 1.50. The number of rotatable bonds is 7. The average Bonchev–Trinajstić information content (AvgIpc) is 2.38. The zero-order valence-electron chi connectivity index (χ0n) is 10.4. The minimum atomic E-state index is -0.653. The summed E-state index contributed by atoms with van der Waals surface area (Å²) in [6.07, 6.45) is 0. The summed E-state index contributed by atoms with van der Waals surface area (Å²) in [5.41, 5.74) is 1.57. The lowest BCUT2D eigenvalue weighted by Gasteiger charge is -2.26. The number of methoxy groups -OCH3 is 1. The molecule has 0 spiro atoms. The van der Waals surface area contributed by atoms with Gasteiger partial charge in [-0.05, 0) is 18.1 Å². The Labute approximate surface area is 102 Å². The fraction of sp³-hybridized carbons (Fsp3) is 0.538. The molecule has 0 fully saturated rings. The quantitative estimate of drug-likeness (QED) is 0.654. The molecule has 0 aliphatic carbocycles. The van der Waals surface area contributed by atoms with Crippen molar-refractivity contribution < 1.29 is 14.9 Å². The molecule has 1 aromatic rings. The van der Waals surface area contributed by atoms with Crippen molar-refractivity contribution in [3.05, 3.63) is 35.4 Å². The standard InChI is InChI=1S/C13H21NO3/c1-13(9-15,10-16)14-7-11-5-3-4-6-12(11)8-17-2/h3-6,14-16H,7-10H2,1-2H3. The third-order valence-corrected chi connectivity index (χ3v) is 2.82. The van der Waals surface area contributed by atoms with E-state index in [0.29, 0.717) is 13.2 Å². The van der Waals surface area contributed by atoms with Crippen LogP contribution in [0.25, 0.3) is 0 Å². The van der Waals surface area contributed by atoms with Gasteiger partial charge in [0.15, 0.2) is 0 Å². The number of hydrogen-bond donors (Lipinski definition) is 3. The SMILES string of the molecule is COCc1ccccc1CNC(C)(CO)CO. The Morgan fingerprint density at radius 2 is 1.76 bits per heavy atom. The number of hydrogen-bond acceptors (Lipinski definition) is 4. The summed E-state index contributed by atoms with van der Waals surface area (Å²) in [4.78, 5) is 0. The van der Waals surface area contributed by atoms with Gasteiger partial charge >= 0.3 is 0 Å². The van der Waals surface area contributed by atoms with Crippen LogP contribution in [-0.2, 0) is 17.9 Å². The molecule has 1 aromatic carbocycles. The van der Waals surface area contributed by atoms with Gasteiger partial charge in [0.05, 0.1) is 25.4 Å². The van der Waals surface area contributed by atoms with E-state index in [9.17, 15) is 10.2 Å². The molecule has 96 valence electrons. The normalized spacial score (nSPS) is 11.8.